The van der Waals surface area contributed by atoms with E-state index < -0.39 is 0 Å². The van der Waals surface area contributed by atoms with E-state index in [1.165, 1.54) is 6.42 Å². The summed E-state index contributed by atoms with van der Waals surface area (Å²) in [6, 6.07) is 0.669. The van der Waals surface area contributed by atoms with E-state index in [0.29, 0.717) is 6.04 Å². The minimum Gasteiger partial charge on any atom is -0.314 e. The summed E-state index contributed by atoms with van der Waals surface area (Å²) in [7, 11) is 0. The highest BCUT2D eigenvalue weighted by Crippen LogP contribution is 2.14. The Morgan fingerprint density at radius 2 is 1.64 bits per heavy atom. The summed E-state index contributed by atoms with van der Waals surface area (Å²) in [6.07, 6.45) is 1.33. The van der Waals surface area contributed by atoms with Crippen molar-refractivity contribution in [2.45, 2.75) is 47.1 Å². The van der Waals surface area contributed by atoms with Crippen LogP contribution in [-0.4, -0.2) is 12.6 Å². The Bertz CT molecular complexity index is 88.9. The molecule has 0 aromatic heterocycles. The first kappa shape index (κ1) is 11.0. The molecule has 0 rings (SSSR count). The van der Waals surface area contributed by atoms with Crippen LogP contribution in [0, 0.1) is 11.8 Å². The highest BCUT2D eigenvalue weighted by molar-refractivity contribution is 4.68. The molecule has 0 aliphatic heterocycles. The molecule has 0 spiro atoms. The molecule has 0 fully saturated rings. The maximum Gasteiger partial charge on any atom is 0.00643 e. The van der Waals surface area contributed by atoms with Crippen LogP contribution in [0.1, 0.15) is 41.0 Å². The third kappa shape index (κ3) is 5.25. The van der Waals surface area contributed by atoms with Gasteiger partial charge in [0.1, 0.15) is 0 Å². The predicted molar refractivity (Wildman–Crippen MR) is 51.8 cm³/mol. The zero-order valence-corrected chi connectivity index (χ0v) is 8.65. The minimum absolute atomic E-state index is 0.669. The van der Waals surface area contributed by atoms with Gasteiger partial charge in [-0.05, 0) is 31.7 Å². The van der Waals surface area contributed by atoms with Crippen LogP contribution in [0.15, 0.2) is 0 Å². The first-order valence-corrected chi connectivity index (χ1v) is 4.81. The second-order valence-electron chi connectivity index (χ2n) is 3.95. The second kappa shape index (κ2) is 5.59. The van der Waals surface area contributed by atoms with Gasteiger partial charge in [-0.3, -0.25) is 0 Å². The highest BCUT2D eigenvalue weighted by Gasteiger charge is 2.11. The zero-order chi connectivity index (χ0) is 8.85. The Morgan fingerprint density at radius 3 is 2.00 bits per heavy atom. The zero-order valence-electron chi connectivity index (χ0n) is 8.65. The molecule has 0 heterocycles. The van der Waals surface area contributed by atoms with Crippen molar-refractivity contribution in [2.24, 2.45) is 11.8 Å². The van der Waals surface area contributed by atoms with Gasteiger partial charge in [0.05, 0.1) is 0 Å². The van der Waals surface area contributed by atoms with Gasteiger partial charge in [-0.25, -0.2) is 0 Å². The predicted octanol–water partition coefficient (Wildman–Crippen LogP) is 2.67. The van der Waals surface area contributed by atoms with Crippen LogP contribution < -0.4 is 5.32 Å². The van der Waals surface area contributed by atoms with Crippen molar-refractivity contribution in [3.63, 3.8) is 0 Å². The molecule has 0 radical (unpaired) electrons. The van der Waals surface area contributed by atoms with Crippen LogP contribution >= 0.6 is 0 Å². The smallest absolute Gasteiger partial charge is 0.00643 e. The molecule has 1 heteroatoms. The Morgan fingerprint density at radius 1 is 1.09 bits per heavy atom. The second-order valence-corrected chi connectivity index (χ2v) is 3.95. The summed E-state index contributed by atoms with van der Waals surface area (Å²) in [5.74, 6) is 1.63. The van der Waals surface area contributed by atoms with E-state index in [9.17, 15) is 0 Å². The van der Waals surface area contributed by atoms with Crippen molar-refractivity contribution < 1.29 is 0 Å². The van der Waals surface area contributed by atoms with Gasteiger partial charge >= 0.3 is 0 Å². The fourth-order valence-electron chi connectivity index (χ4n) is 1.47. The van der Waals surface area contributed by atoms with Gasteiger partial charge in [0.15, 0.2) is 0 Å². The molecule has 2 unspecified atom stereocenters. The lowest BCUT2D eigenvalue weighted by atomic mass is 9.93. The van der Waals surface area contributed by atoms with Crippen molar-refractivity contribution in [2.75, 3.05) is 6.54 Å². The fraction of sp³-hybridized carbons (Fsp3) is 1.00. The number of rotatable bonds is 5. The molecule has 0 aromatic carbocycles. The van der Waals surface area contributed by atoms with Crippen molar-refractivity contribution in [3.05, 3.63) is 0 Å². The van der Waals surface area contributed by atoms with E-state index >= 15 is 0 Å². The summed E-state index contributed by atoms with van der Waals surface area (Å²) in [4.78, 5) is 0. The quantitative estimate of drug-likeness (QED) is 0.647. The maximum atomic E-state index is 3.45. The molecule has 0 saturated heterocycles. The van der Waals surface area contributed by atoms with Crippen LogP contribution in [-0.2, 0) is 0 Å². The summed E-state index contributed by atoms with van der Waals surface area (Å²) < 4.78 is 0. The van der Waals surface area contributed by atoms with Gasteiger partial charge in [-0.15, -0.1) is 0 Å². The standard InChI is InChI=1S/C10H23N/c1-6-11-10(5)9(4)7-8(2)3/h8-11H,6-7H2,1-5H3. The van der Waals surface area contributed by atoms with Crippen LogP contribution in [0.25, 0.3) is 0 Å². The van der Waals surface area contributed by atoms with Crippen molar-refractivity contribution >= 4 is 0 Å². The molecule has 2 atom stereocenters. The summed E-state index contributed by atoms with van der Waals surface area (Å²) >= 11 is 0. The molecule has 11 heavy (non-hydrogen) atoms. The Balaban J connectivity index is 3.54. The van der Waals surface area contributed by atoms with Gasteiger partial charge in [0.2, 0.25) is 0 Å². The molecule has 0 amide bonds. The Hall–Kier alpha value is -0.0400. The Kier molecular flexibility index (Phi) is 5.57. The molecule has 0 saturated carbocycles. The topological polar surface area (TPSA) is 12.0 Å². The third-order valence-electron chi connectivity index (χ3n) is 2.22. The summed E-state index contributed by atoms with van der Waals surface area (Å²) in [6.45, 7) is 12.4. The summed E-state index contributed by atoms with van der Waals surface area (Å²) in [5.41, 5.74) is 0. The average Bonchev–Trinajstić information content (AvgIpc) is 1.86. The van der Waals surface area contributed by atoms with Gasteiger partial charge in [-0.1, -0.05) is 27.7 Å². The van der Waals surface area contributed by atoms with Gasteiger partial charge in [-0.2, -0.15) is 0 Å². The number of nitrogens with one attached hydrogen (secondary N) is 1. The molecular formula is C10H23N. The van der Waals surface area contributed by atoms with Crippen molar-refractivity contribution in [1.29, 1.82) is 0 Å². The van der Waals surface area contributed by atoms with E-state index in [-0.39, 0.29) is 0 Å². The van der Waals surface area contributed by atoms with E-state index in [1.807, 2.05) is 0 Å². The molecule has 0 aliphatic carbocycles. The maximum absolute atomic E-state index is 3.45. The lowest BCUT2D eigenvalue weighted by Gasteiger charge is -2.22. The van der Waals surface area contributed by atoms with Gasteiger partial charge < -0.3 is 5.32 Å². The molecule has 0 aromatic rings. The molecule has 1 nitrogen and oxygen atoms in total. The Labute approximate surface area is 71.6 Å². The number of hydrogen-bond donors (Lipinski definition) is 1. The van der Waals surface area contributed by atoms with E-state index in [1.54, 1.807) is 0 Å². The van der Waals surface area contributed by atoms with Gasteiger partial charge in [0, 0.05) is 6.04 Å². The van der Waals surface area contributed by atoms with Crippen LogP contribution in [0.4, 0.5) is 0 Å². The SMILES string of the molecule is CCNC(C)C(C)CC(C)C. The lowest BCUT2D eigenvalue weighted by molar-refractivity contribution is 0.344. The first-order chi connectivity index (χ1) is 5.07. The van der Waals surface area contributed by atoms with Gasteiger partial charge in [0.25, 0.3) is 0 Å². The molecular weight excluding hydrogens is 134 g/mol. The fourth-order valence-corrected chi connectivity index (χ4v) is 1.47. The molecule has 0 bridgehead atoms. The normalized spacial score (nSPS) is 16.9. The van der Waals surface area contributed by atoms with Crippen LogP contribution in [0.2, 0.25) is 0 Å². The average molecular weight is 157 g/mol. The molecule has 1 N–H and O–H groups in total. The monoisotopic (exact) mass is 157 g/mol. The molecule has 0 aliphatic rings. The highest BCUT2D eigenvalue weighted by atomic mass is 14.9. The molecule has 68 valence electrons. The van der Waals surface area contributed by atoms with E-state index in [2.05, 4.69) is 39.9 Å². The third-order valence-corrected chi connectivity index (χ3v) is 2.22. The van der Waals surface area contributed by atoms with Crippen LogP contribution in [0.5, 0.6) is 0 Å². The van der Waals surface area contributed by atoms with E-state index in [4.69, 9.17) is 0 Å². The van der Waals surface area contributed by atoms with Crippen molar-refractivity contribution in [1.82, 2.24) is 5.32 Å². The number of hydrogen-bond acceptors (Lipinski definition) is 1. The van der Waals surface area contributed by atoms with E-state index in [0.717, 1.165) is 18.4 Å². The first-order valence-electron chi connectivity index (χ1n) is 4.81. The van der Waals surface area contributed by atoms with Crippen molar-refractivity contribution in [3.8, 4) is 0 Å². The summed E-state index contributed by atoms with van der Waals surface area (Å²) in [5, 5.41) is 3.45. The minimum atomic E-state index is 0.669. The van der Waals surface area contributed by atoms with Crippen LogP contribution in [0.3, 0.4) is 0 Å². The largest absolute Gasteiger partial charge is 0.314 e. The lowest BCUT2D eigenvalue weighted by Crippen LogP contribution is -2.32.